The first-order chi connectivity index (χ1) is 17.3. The van der Waals surface area contributed by atoms with Crippen molar-refractivity contribution < 1.29 is 0 Å². The maximum absolute atomic E-state index is 4.09. The zero-order valence-electron chi connectivity index (χ0n) is 19.9. The number of allylic oxidation sites excluding steroid dienone is 6. The van der Waals surface area contributed by atoms with E-state index >= 15 is 0 Å². The Balaban J connectivity index is 0.000000212. The van der Waals surface area contributed by atoms with Gasteiger partial charge in [-0.15, -0.1) is 0 Å². The number of nitrogens with zero attached hydrogens (tertiary/aromatic N) is 2. The Kier molecular flexibility index (Phi) is 5.98. The SMILES string of the molecule is C1=CC2=CC=C(CC2)N1.C1=Cc2ccc3c(c2CC1)CCc1c(/C=C/c2cncnc2)cccc1-3. The van der Waals surface area contributed by atoms with Crippen molar-refractivity contribution >= 4 is 18.2 Å². The second-order valence-electron chi connectivity index (χ2n) is 9.39. The van der Waals surface area contributed by atoms with Crippen LogP contribution in [0.1, 0.15) is 52.6 Å². The molecule has 3 nitrogen and oxygen atoms in total. The molecule has 172 valence electrons. The second kappa shape index (κ2) is 9.71. The molecule has 0 atom stereocenters. The van der Waals surface area contributed by atoms with Crippen molar-refractivity contribution in [3.8, 4) is 11.1 Å². The van der Waals surface area contributed by atoms with Gasteiger partial charge < -0.3 is 5.32 Å². The van der Waals surface area contributed by atoms with E-state index in [-0.39, 0.29) is 0 Å². The average molecular weight is 456 g/mol. The number of nitrogens with one attached hydrogen (secondary N) is 1. The maximum Gasteiger partial charge on any atom is 0.115 e. The van der Waals surface area contributed by atoms with Crippen LogP contribution in [0.5, 0.6) is 0 Å². The monoisotopic (exact) mass is 455 g/mol. The molecular formula is C32H29N3. The van der Waals surface area contributed by atoms with Crippen LogP contribution in [0.4, 0.5) is 0 Å². The Morgan fingerprint density at radius 1 is 0.743 bits per heavy atom. The first-order valence-corrected chi connectivity index (χ1v) is 12.5. The normalized spacial score (nSPS) is 16.7. The molecule has 2 bridgehead atoms. The van der Waals surface area contributed by atoms with Gasteiger partial charge in [0, 0.05) is 29.9 Å². The highest BCUT2D eigenvalue weighted by Crippen LogP contribution is 2.39. The molecule has 0 saturated carbocycles. The Bertz CT molecular complexity index is 1400. The number of fused-ring (bicyclic) bond motifs is 8. The van der Waals surface area contributed by atoms with Crippen molar-refractivity contribution in [1.82, 2.24) is 15.3 Å². The van der Waals surface area contributed by atoms with Crippen LogP contribution in [0.15, 0.2) is 90.8 Å². The lowest BCUT2D eigenvalue weighted by Gasteiger charge is -2.26. The van der Waals surface area contributed by atoms with Crippen LogP contribution < -0.4 is 5.32 Å². The third kappa shape index (κ3) is 4.54. The van der Waals surface area contributed by atoms with Crippen LogP contribution in [0.3, 0.4) is 0 Å². The van der Waals surface area contributed by atoms with E-state index in [1.165, 1.54) is 58.3 Å². The van der Waals surface area contributed by atoms with Gasteiger partial charge in [-0.25, -0.2) is 9.97 Å². The molecule has 3 heteroatoms. The summed E-state index contributed by atoms with van der Waals surface area (Å²) in [5.74, 6) is 0. The van der Waals surface area contributed by atoms with Crippen molar-refractivity contribution in [1.29, 1.82) is 0 Å². The third-order valence-corrected chi connectivity index (χ3v) is 7.24. The highest BCUT2D eigenvalue weighted by Gasteiger charge is 2.22. The predicted molar refractivity (Wildman–Crippen MR) is 145 cm³/mol. The summed E-state index contributed by atoms with van der Waals surface area (Å²) in [6, 6.07) is 11.3. The van der Waals surface area contributed by atoms with Crippen LogP contribution in [0.2, 0.25) is 0 Å². The van der Waals surface area contributed by atoms with E-state index in [0.29, 0.717) is 0 Å². The van der Waals surface area contributed by atoms with Crippen LogP contribution >= 0.6 is 0 Å². The molecule has 35 heavy (non-hydrogen) atoms. The molecule has 0 amide bonds. The van der Waals surface area contributed by atoms with Gasteiger partial charge in [-0.1, -0.05) is 60.7 Å². The van der Waals surface area contributed by atoms with Gasteiger partial charge in [0.1, 0.15) is 6.33 Å². The van der Waals surface area contributed by atoms with Gasteiger partial charge in [0.25, 0.3) is 0 Å². The predicted octanol–water partition coefficient (Wildman–Crippen LogP) is 7.08. The van der Waals surface area contributed by atoms with E-state index in [2.05, 4.69) is 88.1 Å². The lowest BCUT2D eigenvalue weighted by molar-refractivity contribution is 0.874. The van der Waals surface area contributed by atoms with Crippen molar-refractivity contribution in [3.05, 3.63) is 124 Å². The standard InChI is InChI=1S/C24H20N2.C8H9N/c1-2-6-20-18(4-1)10-11-24-22-7-3-5-19(21(22)12-13-23(20)24)9-8-17-14-25-16-26-15-17;1-3-8-4-2-7(1)5-6-9-8/h1,3-5,7-11,14-16H,2,6,12-13H2;1,3,5-6,9H,2,4H2/b9-8+;. The van der Waals surface area contributed by atoms with Gasteiger partial charge in [0.05, 0.1) is 0 Å². The molecule has 1 N–H and O–H groups in total. The van der Waals surface area contributed by atoms with E-state index in [1.807, 2.05) is 18.6 Å². The third-order valence-electron chi connectivity index (χ3n) is 7.24. The van der Waals surface area contributed by atoms with Crippen molar-refractivity contribution in [2.45, 2.75) is 38.5 Å². The highest BCUT2D eigenvalue weighted by atomic mass is 14.9. The second-order valence-corrected chi connectivity index (χ2v) is 9.39. The van der Waals surface area contributed by atoms with Crippen molar-refractivity contribution in [3.63, 3.8) is 0 Å². The molecule has 5 aliphatic rings. The molecule has 3 heterocycles. The number of rotatable bonds is 2. The fraction of sp³-hybridized carbons (Fsp3) is 0.188. The fourth-order valence-corrected chi connectivity index (χ4v) is 5.43. The van der Waals surface area contributed by atoms with Gasteiger partial charge >= 0.3 is 0 Å². The van der Waals surface area contributed by atoms with E-state index < -0.39 is 0 Å². The summed E-state index contributed by atoms with van der Waals surface area (Å²) in [6.07, 6.45) is 29.6. The Morgan fingerprint density at radius 3 is 2.51 bits per heavy atom. The van der Waals surface area contributed by atoms with Gasteiger partial charge in [0.15, 0.2) is 0 Å². The maximum atomic E-state index is 4.09. The van der Waals surface area contributed by atoms with Crippen molar-refractivity contribution in [2.24, 2.45) is 0 Å². The van der Waals surface area contributed by atoms with Crippen LogP contribution in [0, 0.1) is 0 Å². The van der Waals surface area contributed by atoms with E-state index in [4.69, 9.17) is 0 Å². The van der Waals surface area contributed by atoms with E-state index in [9.17, 15) is 0 Å². The molecule has 0 saturated heterocycles. The molecule has 3 aromatic rings. The van der Waals surface area contributed by atoms with Crippen LogP contribution in [0.25, 0.3) is 29.4 Å². The summed E-state index contributed by atoms with van der Waals surface area (Å²) < 4.78 is 0. The summed E-state index contributed by atoms with van der Waals surface area (Å²) in [7, 11) is 0. The molecule has 2 aromatic carbocycles. The van der Waals surface area contributed by atoms with Gasteiger partial charge in [-0.05, 0) is 95.2 Å². The average Bonchev–Trinajstić information content (AvgIpc) is 3.30. The zero-order valence-corrected chi connectivity index (χ0v) is 19.9. The number of hydrogen-bond donors (Lipinski definition) is 1. The molecule has 2 aliphatic heterocycles. The topological polar surface area (TPSA) is 37.8 Å². The quantitative estimate of drug-likeness (QED) is 0.449. The minimum Gasteiger partial charge on any atom is -0.365 e. The number of benzene rings is 2. The number of aromatic nitrogens is 2. The minimum atomic E-state index is 1.03. The lowest BCUT2D eigenvalue weighted by Crippen LogP contribution is -2.10. The molecule has 0 unspecified atom stereocenters. The van der Waals surface area contributed by atoms with Crippen LogP contribution in [-0.4, -0.2) is 9.97 Å². The zero-order chi connectivity index (χ0) is 23.5. The van der Waals surface area contributed by atoms with Gasteiger partial charge in [-0.3, -0.25) is 0 Å². The fourth-order valence-electron chi connectivity index (χ4n) is 5.43. The number of hydrogen-bond acceptors (Lipinski definition) is 3. The summed E-state index contributed by atoms with van der Waals surface area (Å²) in [6.45, 7) is 0. The summed E-state index contributed by atoms with van der Waals surface area (Å²) >= 11 is 0. The highest BCUT2D eigenvalue weighted by molar-refractivity contribution is 5.82. The van der Waals surface area contributed by atoms with E-state index in [0.717, 1.165) is 24.8 Å². The summed E-state index contributed by atoms with van der Waals surface area (Å²) in [5, 5.41) is 3.20. The smallest absolute Gasteiger partial charge is 0.115 e. The van der Waals surface area contributed by atoms with Gasteiger partial charge in [-0.2, -0.15) is 0 Å². The first kappa shape index (κ1) is 21.5. The lowest BCUT2D eigenvalue weighted by atomic mass is 9.78. The van der Waals surface area contributed by atoms with Crippen LogP contribution in [-0.2, 0) is 19.3 Å². The molecule has 8 rings (SSSR count). The summed E-state index contributed by atoms with van der Waals surface area (Å²) in [4.78, 5) is 8.17. The van der Waals surface area contributed by atoms with Crippen molar-refractivity contribution in [2.75, 3.05) is 0 Å². The summed E-state index contributed by atoms with van der Waals surface area (Å²) in [5.41, 5.74) is 13.9. The molecule has 1 aromatic heterocycles. The molecule has 0 spiro atoms. The Labute approximate surface area is 207 Å². The molecular weight excluding hydrogens is 426 g/mol. The molecule has 0 fully saturated rings. The van der Waals surface area contributed by atoms with Gasteiger partial charge in [0.2, 0.25) is 0 Å². The first-order valence-electron chi connectivity index (χ1n) is 12.5. The minimum absolute atomic E-state index is 1.03. The Morgan fingerprint density at radius 2 is 1.63 bits per heavy atom. The van der Waals surface area contributed by atoms with E-state index in [1.54, 1.807) is 17.5 Å². The molecule has 0 radical (unpaired) electrons. The Hall–Kier alpha value is -3.98. The molecule has 3 aliphatic carbocycles. The largest absolute Gasteiger partial charge is 0.365 e.